The summed E-state index contributed by atoms with van der Waals surface area (Å²) in [7, 11) is 0. The predicted octanol–water partition coefficient (Wildman–Crippen LogP) is 6.17. The van der Waals surface area contributed by atoms with Gasteiger partial charge in [-0.15, -0.1) is 11.6 Å². The molecule has 0 aliphatic carbocycles. The molecule has 0 saturated heterocycles. The minimum absolute atomic E-state index is 0.115. The van der Waals surface area contributed by atoms with E-state index in [0.717, 1.165) is 35.4 Å². The summed E-state index contributed by atoms with van der Waals surface area (Å²) in [5, 5.41) is 2.41. The normalized spacial score (nSPS) is 15.7. The Kier molecular flexibility index (Phi) is 4.61. The van der Waals surface area contributed by atoms with Crippen LogP contribution in [0.5, 0.6) is 11.5 Å². The summed E-state index contributed by atoms with van der Waals surface area (Å²) in [5.41, 5.74) is 3.54. The molecule has 0 radical (unpaired) electrons. The summed E-state index contributed by atoms with van der Waals surface area (Å²) in [6.45, 7) is 1.28. The van der Waals surface area contributed by atoms with Gasteiger partial charge in [-0.3, -0.25) is 0 Å². The van der Waals surface area contributed by atoms with Gasteiger partial charge in [0.05, 0.1) is 23.7 Å². The van der Waals surface area contributed by atoms with Crippen LogP contribution >= 0.6 is 11.6 Å². The fraction of sp³-hybridized carbons (Fsp3) is 0.250. The number of para-hydroxylation sites is 2. The van der Waals surface area contributed by atoms with Gasteiger partial charge in [-0.25, -0.2) is 0 Å². The summed E-state index contributed by atoms with van der Waals surface area (Å²) in [6.07, 6.45) is 1.92. The number of hydrogen-bond acceptors (Lipinski definition) is 2. The number of fused-ring (bicyclic) bond motifs is 3. The summed E-state index contributed by atoms with van der Waals surface area (Å²) < 4.78 is 14.8. The lowest BCUT2D eigenvalue weighted by atomic mass is 10.1. The van der Waals surface area contributed by atoms with Crippen molar-refractivity contribution in [3.8, 4) is 11.5 Å². The zero-order valence-corrected chi connectivity index (χ0v) is 16.4. The van der Waals surface area contributed by atoms with Crippen LogP contribution in [0.1, 0.15) is 24.4 Å². The van der Waals surface area contributed by atoms with Crippen LogP contribution in [0.25, 0.3) is 21.8 Å². The van der Waals surface area contributed by atoms with Gasteiger partial charge < -0.3 is 14.0 Å². The number of unbranched alkanes of at least 4 members (excludes halogenated alkanes) is 1. The largest absolute Gasteiger partial charge is 0.491 e. The van der Waals surface area contributed by atoms with Crippen LogP contribution < -0.4 is 9.47 Å². The lowest BCUT2D eigenvalue weighted by molar-refractivity contribution is 0.260. The van der Waals surface area contributed by atoms with Crippen LogP contribution in [-0.4, -0.2) is 23.7 Å². The van der Waals surface area contributed by atoms with Gasteiger partial charge in [0.25, 0.3) is 0 Å². The van der Waals surface area contributed by atoms with E-state index in [1.807, 2.05) is 0 Å². The summed E-state index contributed by atoms with van der Waals surface area (Å²) in [4.78, 5) is 0. The molecule has 28 heavy (non-hydrogen) atoms. The Morgan fingerprint density at radius 3 is 2.50 bits per heavy atom. The molecule has 3 nitrogen and oxygen atoms in total. The second-order valence-corrected chi connectivity index (χ2v) is 7.53. The van der Waals surface area contributed by atoms with Crippen LogP contribution in [0, 0.1) is 0 Å². The van der Waals surface area contributed by atoms with Crippen molar-refractivity contribution in [2.45, 2.75) is 18.9 Å². The van der Waals surface area contributed by atoms with Crippen molar-refractivity contribution in [2.75, 3.05) is 19.1 Å². The Hall–Kier alpha value is -2.65. The fourth-order valence-electron chi connectivity index (χ4n) is 4.18. The number of benzene rings is 3. The molecule has 1 unspecified atom stereocenters. The highest BCUT2D eigenvalue weighted by atomic mass is 35.5. The Morgan fingerprint density at radius 1 is 0.893 bits per heavy atom. The second kappa shape index (κ2) is 7.40. The molecular formula is C24H22ClNO2. The molecule has 0 saturated carbocycles. The molecule has 2 heterocycles. The molecule has 5 rings (SSSR count). The summed E-state index contributed by atoms with van der Waals surface area (Å²) in [6, 6.07) is 23.3. The van der Waals surface area contributed by atoms with Gasteiger partial charge in [0.15, 0.2) is 0 Å². The number of halogens is 1. The Balaban J connectivity index is 1.73. The van der Waals surface area contributed by atoms with E-state index in [9.17, 15) is 0 Å². The number of rotatable bonds is 6. The standard InChI is InChI=1S/C24H22ClNO2/c25-14-4-5-15-27-21-12-6-10-18-19-11-7-13-22-24(19)26(23(18)21)20(16-28-22)17-8-2-1-3-9-17/h1-3,6-13,20H,4-5,14-16H2. The molecule has 0 N–H and O–H groups in total. The van der Waals surface area contributed by atoms with Crippen LogP contribution in [0.15, 0.2) is 66.7 Å². The lowest BCUT2D eigenvalue weighted by Gasteiger charge is -2.28. The molecule has 0 fully saturated rings. The number of nitrogens with zero attached hydrogens (tertiary/aromatic N) is 1. The van der Waals surface area contributed by atoms with Crippen molar-refractivity contribution in [3.63, 3.8) is 0 Å². The van der Waals surface area contributed by atoms with Crippen molar-refractivity contribution in [3.05, 3.63) is 72.3 Å². The highest BCUT2D eigenvalue weighted by Crippen LogP contribution is 2.44. The molecule has 1 atom stereocenters. The first-order valence-corrected chi connectivity index (χ1v) is 10.3. The Morgan fingerprint density at radius 2 is 1.68 bits per heavy atom. The molecule has 142 valence electrons. The zero-order valence-electron chi connectivity index (χ0n) is 15.6. The van der Waals surface area contributed by atoms with Gasteiger partial charge in [0.1, 0.15) is 18.1 Å². The Bertz CT molecular complexity index is 1120. The first kappa shape index (κ1) is 17.4. The van der Waals surface area contributed by atoms with Crippen LogP contribution in [0.4, 0.5) is 0 Å². The average molecular weight is 392 g/mol. The van der Waals surface area contributed by atoms with E-state index in [0.29, 0.717) is 19.1 Å². The number of ether oxygens (including phenoxy) is 2. The van der Waals surface area contributed by atoms with E-state index in [2.05, 4.69) is 71.3 Å². The number of aromatic nitrogens is 1. The summed E-state index contributed by atoms with van der Waals surface area (Å²) in [5.74, 6) is 2.54. The number of hydrogen-bond donors (Lipinski definition) is 0. The van der Waals surface area contributed by atoms with Gasteiger partial charge in [-0.2, -0.15) is 0 Å². The molecule has 0 bridgehead atoms. The molecule has 0 amide bonds. The van der Waals surface area contributed by atoms with E-state index >= 15 is 0 Å². The minimum Gasteiger partial charge on any atom is -0.491 e. The third kappa shape index (κ3) is 2.82. The molecule has 1 aromatic heterocycles. The van der Waals surface area contributed by atoms with Crippen LogP contribution in [-0.2, 0) is 0 Å². The number of alkyl halides is 1. The smallest absolute Gasteiger partial charge is 0.143 e. The van der Waals surface area contributed by atoms with Gasteiger partial charge in [-0.1, -0.05) is 54.6 Å². The molecule has 3 aromatic carbocycles. The fourth-order valence-corrected chi connectivity index (χ4v) is 4.36. The van der Waals surface area contributed by atoms with E-state index in [1.54, 1.807) is 0 Å². The average Bonchev–Trinajstić information content (AvgIpc) is 3.09. The molecule has 1 aliphatic rings. The van der Waals surface area contributed by atoms with E-state index in [-0.39, 0.29) is 6.04 Å². The van der Waals surface area contributed by atoms with E-state index in [4.69, 9.17) is 21.1 Å². The highest BCUT2D eigenvalue weighted by Gasteiger charge is 2.28. The van der Waals surface area contributed by atoms with Crippen molar-refractivity contribution in [1.82, 2.24) is 4.57 Å². The maximum absolute atomic E-state index is 6.22. The monoisotopic (exact) mass is 391 g/mol. The SMILES string of the molecule is ClCCCCOc1cccc2c3cccc4c3n(c12)C(c1ccccc1)CO4. The maximum atomic E-state index is 6.22. The van der Waals surface area contributed by atoms with Gasteiger partial charge in [0.2, 0.25) is 0 Å². The predicted molar refractivity (Wildman–Crippen MR) is 115 cm³/mol. The first-order valence-electron chi connectivity index (χ1n) is 9.80. The highest BCUT2D eigenvalue weighted by molar-refractivity contribution is 6.17. The molecule has 4 heteroatoms. The van der Waals surface area contributed by atoms with Crippen molar-refractivity contribution < 1.29 is 9.47 Å². The van der Waals surface area contributed by atoms with Gasteiger partial charge in [0, 0.05) is 16.7 Å². The first-order chi connectivity index (χ1) is 13.9. The van der Waals surface area contributed by atoms with Crippen molar-refractivity contribution >= 4 is 33.4 Å². The van der Waals surface area contributed by atoms with Gasteiger partial charge in [-0.05, 0) is 30.5 Å². The lowest BCUT2D eigenvalue weighted by Crippen LogP contribution is -2.23. The summed E-state index contributed by atoms with van der Waals surface area (Å²) >= 11 is 5.82. The van der Waals surface area contributed by atoms with Crippen LogP contribution in [0.2, 0.25) is 0 Å². The maximum Gasteiger partial charge on any atom is 0.143 e. The van der Waals surface area contributed by atoms with Crippen molar-refractivity contribution in [1.29, 1.82) is 0 Å². The van der Waals surface area contributed by atoms with E-state index in [1.165, 1.54) is 16.3 Å². The Labute approximate surface area is 169 Å². The third-order valence-electron chi connectivity index (χ3n) is 5.45. The zero-order chi connectivity index (χ0) is 18.9. The molecular weight excluding hydrogens is 370 g/mol. The topological polar surface area (TPSA) is 23.4 Å². The quantitative estimate of drug-likeness (QED) is 0.289. The third-order valence-corrected chi connectivity index (χ3v) is 5.72. The molecule has 1 aliphatic heterocycles. The molecule has 0 spiro atoms. The molecule has 4 aromatic rings. The van der Waals surface area contributed by atoms with Gasteiger partial charge >= 0.3 is 0 Å². The second-order valence-electron chi connectivity index (χ2n) is 7.16. The van der Waals surface area contributed by atoms with Crippen molar-refractivity contribution in [2.24, 2.45) is 0 Å². The minimum atomic E-state index is 0.115. The van der Waals surface area contributed by atoms with Crippen LogP contribution in [0.3, 0.4) is 0 Å². The van der Waals surface area contributed by atoms with E-state index < -0.39 is 0 Å².